The van der Waals surface area contributed by atoms with E-state index in [4.69, 9.17) is 0 Å². The van der Waals surface area contributed by atoms with Crippen molar-refractivity contribution >= 4 is 0 Å². The number of benzene rings is 2. The molecule has 0 bridgehead atoms. The molecule has 0 saturated carbocycles. The van der Waals surface area contributed by atoms with Gasteiger partial charge in [0, 0.05) is 18.9 Å². The molecule has 138 valence electrons. The molecule has 2 heterocycles. The van der Waals surface area contributed by atoms with Gasteiger partial charge in [-0.3, -0.25) is 0 Å². The summed E-state index contributed by atoms with van der Waals surface area (Å²) in [5.74, 6) is 0. The molecule has 2 nitrogen and oxygen atoms in total. The number of fused-ring (bicyclic) bond motifs is 3. The Bertz CT molecular complexity index is 963. The molecule has 1 atom stereocenters. The smallest absolute Gasteiger partial charge is 0.128 e. The first-order valence-electron chi connectivity index (χ1n) is 10.1. The Morgan fingerprint density at radius 2 is 1.67 bits per heavy atom. The Balaban J connectivity index is 2.04. The highest BCUT2D eigenvalue weighted by molar-refractivity contribution is 5.68. The van der Waals surface area contributed by atoms with Crippen LogP contribution in [-0.2, 0) is 11.0 Å². The predicted molar refractivity (Wildman–Crippen MR) is 112 cm³/mol. The number of aromatic nitrogens is 2. The van der Waals surface area contributed by atoms with Gasteiger partial charge in [-0.15, -0.1) is 15.9 Å². The summed E-state index contributed by atoms with van der Waals surface area (Å²) < 4.78 is 4.79. The van der Waals surface area contributed by atoms with E-state index in [1.807, 2.05) is 0 Å². The van der Waals surface area contributed by atoms with Gasteiger partial charge in [0.25, 0.3) is 0 Å². The molecular formula is C25H29N2+. The number of hydrogen-bond acceptors (Lipinski definition) is 0. The van der Waals surface area contributed by atoms with E-state index >= 15 is 0 Å². The molecule has 3 aromatic rings. The van der Waals surface area contributed by atoms with Crippen molar-refractivity contribution in [3.63, 3.8) is 0 Å². The molecule has 27 heavy (non-hydrogen) atoms. The molecule has 0 amide bonds. The van der Waals surface area contributed by atoms with Gasteiger partial charge in [0.15, 0.2) is 6.20 Å². The van der Waals surface area contributed by atoms with Crippen molar-refractivity contribution in [1.29, 1.82) is 0 Å². The van der Waals surface area contributed by atoms with Crippen LogP contribution in [0.1, 0.15) is 45.6 Å². The summed E-state index contributed by atoms with van der Waals surface area (Å²) in [4.78, 5) is 0. The first-order chi connectivity index (χ1) is 13.2. The molecule has 0 N–H and O–H groups in total. The lowest BCUT2D eigenvalue weighted by Crippen LogP contribution is -2.71. The highest BCUT2D eigenvalue weighted by Crippen LogP contribution is 2.50. The third kappa shape index (κ3) is 2.22. The third-order valence-electron chi connectivity index (χ3n) is 6.86. The topological polar surface area (TPSA) is 8.81 Å². The summed E-state index contributed by atoms with van der Waals surface area (Å²) in [5.41, 5.74) is 5.07. The molecule has 0 saturated heterocycles. The second-order valence-corrected chi connectivity index (χ2v) is 7.55. The predicted octanol–water partition coefficient (Wildman–Crippen LogP) is 5.79. The molecular weight excluding hydrogens is 328 g/mol. The van der Waals surface area contributed by atoms with Gasteiger partial charge >= 0.3 is 0 Å². The lowest BCUT2D eigenvalue weighted by Gasteiger charge is -2.47. The normalized spacial score (nSPS) is 20.0. The maximum absolute atomic E-state index is 4.33. The Kier molecular flexibility index (Phi) is 4.30. The molecule has 1 aromatic heterocycles. The van der Waals surface area contributed by atoms with E-state index in [-0.39, 0.29) is 11.0 Å². The van der Waals surface area contributed by atoms with Crippen LogP contribution in [0.15, 0.2) is 79.6 Å². The molecule has 0 spiro atoms. The van der Waals surface area contributed by atoms with Crippen LogP contribution in [0.25, 0.3) is 16.8 Å². The SMILES string of the molecule is C=CC1(CC)c2ccc(-c3ccccc3)cc2-n2ccc[n+]2C1(CC)CC. The van der Waals surface area contributed by atoms with Crippen LogP contribution >= 0.6 is 0 Å². The maximum atomic E-state index is 4.33. The summed E-state index contributed by atoms with van der Waals surface area (Å²) in [6.07, 6.45) is 9.81. The highest BCUT2D eigenvalue weighted by Gasteiger charge is 2.60. The summed E-state index contributed by atoms with van der Waals surface area (Å²) in [6.45, 7) is 11.3. The fourth-order valence-electron chi connectivity index (χ4n) is 5.42. The molecule has 1 aliphatic rings. The van der Waals surface area contributed by atoms with E-state index in [0.29, 0.717) is 0 Å². The minimum atomic E-state index is -0.0833. The lowest BCUT2D eigenvalue weighted by atomic mass is 9.60. The van der Waals surface area contributed by atoms with Gasteiger partial charge < -0.3 is 0 Å². The van der Waals surface area contributed by atoms with Crippen molar-refractivity contribution in [2.45, 2.75) is 51.0 Å². The summed E-state index contributed by atoms with van der Waals surface area (Å²) in [7, 11) is 0. The van der Waals surface area contributed by atoms with Crippen molar-refractivity contribution in [2.75, 3.05) is 0 Å². The first kappa shape index (κ1) is 17.8. The fraction of sp³-hybridized carbons (Fsp3) is 0.320. The zero-order valence-corrected chi connectivity index (χ0v) is 16.7. The van der Waals surface area contributed by atoms with Crippen molar-refractivity contribution in [3.05, 3.63) is 85.2 Å². The van der Waals surface area contributed by atoms with E-state index in [2.05, 4.69) is 110 Å². The Hall–Kier alpha value is -2.61. The first-order valence-corrected chi connectivity index (χ1v) is 10.1. The van der Waals surface area contributed by atoms with E-state index in [1.54, 1.807) is 0 Å². The second-order valence-electron chi connectivity index (χ2n) is 7.55. The minimum absolute atomic E-state index is 0.00569. The van der Waals surface area contributed by atoms with Crippen LogP contribution in [0.3, 0.4) is 0 Å². The molecule has 0 radical (unpaired) electrons. The number of allylic oxidation sites excluding steroid dienone is 1. The van der Waals surface area contributed by atoms with Crippen LogP contribution in [0.4, 0.5) is 0 Å². The van der Waals surface area contributed by atoms with Crippen LogP contribution in [0, 0.1) is 0 Å². The molecule has 1 unspecified atom stereocenters. The van der Waals surface area contributed by atoms with E-state index in [1.165, 1.54) is 22.4 Å². The minimum Gasteiger partial charge on any atom is -0.128 e. The Labute approximate surface area is 162 Å². The van der Waals surface area contributed by atoms with E-state index in [0.717, 1.165) is 19.3 Å². The Morgan fingerprint density at radius 3 is 2.30 bits per heavy atom. The van der Waals surface area contributed by atoms with Crippen LogP contribution in [0.2, 0.25) is 0 Å². The van der Waals surface area contributed by atoms with Crippen LogP contribution in [-0.4, -0.2) is 4.68 Å². The zero-order chi connectivity index (χ0) is 19.1. The summed E-state index contributed by atoms with van der Waals surface area (Å²) >= 11 is 0. The zero-order valence-electron chi connectivity index (χ0n) is 16.7. The van der Waals surface area contributed by atoms with Gasteiger partial charge in [-0.05, 0) is 29.2 Å². The molecule has 2 heteroatoms. The quantitative estimate of drug-likeness (QED) is 0.403. The van der Waals surface area contributed by atoms with Crippen LogP contribution < -0.4 is 4.68 Å². The van der Waals surface area contributed by atoms with Crippen molar-refractivity contribution in [1.82, 2.24) is 4.68 Å². The summed E-state index contributed by atoms with van der Waals surface area (Å²) in [5, 5.41) is 0. The third-order valence-corrected chi connectivity index (χ3v) is 6.86. The summed E-state index contributed by atoms with van der Waals surface area (Å²) in [6, 6.07) is 19.7. The van der Waals surface area contributed by atoms with Gasteiger partial charge in [0.1, 0.15) is 5.69 Å². The van der Waals surface area contributed by atoms with Gasteiger partial charge in [0.2, 0.25) is 5.54 Å². The Morgan fingerprint density at radius 1 is 0.926 bits per heavy atom. The fourth-order valence-corrected chi connectivity index (χ4v) is 5.42. The van der Waals surface area contributed by atoms with E-state index in [9.17, 15) is 0 Å². The number of hydrogen-bond donors (Lipinski definition) is 0. The van der Waals surface area contributed by atoms with Crippen molar-refractivity contribution < 1.29 is 4.68 Å². The average Bonchev–Trinajstić information content (AvgIpc) is 3.23. The molecule has 0 fully saturated rings. The van der Waals surface area contributed by atoms with E-state index < -0.39 is 0 Å². The van der Waals surface area contributed by atoms with Crippen LogP contribution in [0.5, 0.6) is 0 Å². The molecule has 2 aromatic carbocycles. The van der Waals surface area contributed by atoms with Gasteiger partial charge in [-0.1, -0.05) is 69.3 Å². The van der Waals surface area contributed by atoms with Gasteiger partial charge in [-0.25, -0.2) is 0 Å². The van der Waals surface area contributed by atoms with Gasteiger partial charge in [-0.2, -0.15) is 0 Å². The highest BCUT2D eigenvalue weighted by atomic mass is 15.4. The molecule has 0 aliphatic carbocycles. The number of rotatable bonds is 5. The van der Waals surface area contributed by atoms with Gasteiger partial charge in [0.05, 0.1) is 11.6 Å². The van der Waals surface area contributed by atoms with Crippen molar-refractivity contribution in [3.8, 4) is 16.8 Å². The standard InChI is InChI=1S/C25H29N2/c1-5-24(6-2)22-16-15-21(20-13-10-9-11-14-20)19-23(22)26-17-12-18-27(26)25(24,7-3)8-4/h5,9-19H,1,6-8H2,2-4H3/q+1. The molecule has 4 rings (SSSR count). The average molecular weight is 358 g/mol. The molecule has 1 aliphatic heterocycles. The largest absolute Gasteiger partial charge is 0.204 e. The second kappa shape index (κ2) is 6.53. The lowest BCUT2D eigenvalue weighted by molar-refractivity contribution is -0.838. The number of nitrogens with zero attached hydrogens (tertiary/aromatic N) is 2. The van der Waals surface area contributed by atoms with Crippen molar-refractivity contribution in [2.24, 2.45) is 0 Å². The maximum Gasteiger partial charge on any atom is 0.204 e. The monoisotopic (exact) mass is 357 g/mol.